The molecule has 2 atom stereocenters. The molecule has 1 saturated heterocycles. The van der Waals surface area contributed by atoms with Gasteiger partial charge in [-0.05, 0) is 11.6 Å². The lowest BCUT2D eigenvalue weighted by atomic mass is 10.2. The van der Waals surface area contributed by atoms with E-state index in [-0.39, 0.29) is 23.8 Å². The maximum Gasteiger partial charge on any atom is 0.325 e. The van der Waals surface area contributed by atoms with Crippen LogP contribution in [0.15, 0.2) is 30.3 Å². The van der Waals surface area contributed by atoms with Crippen LogP contribution < -0.4 is 5.73 Å². The number of nitrogens with zero attached hydrogens (tertiary/aromatic N) is 1. The van der Waals surface area contributed by atoms with Gasteiger partial charge in [0.15, 0.2) is 0 Å². The molecule has 0 saturated carbocycles. The molecule has 1 fully saturated rings. The molecule has 1 aliphatic rings. The molecule has 0 radical (unpaired) electrons. The lowest BCUT2D eigenvalue weighted by Crippen LogP contribution is -2.51. The molecule has 1 aliphatic heterocycles. The van der Waals surface area contributed by atoms with Crippen molar-refractivity contribution in [2.24, 2.45) is 5.73 Å². The molecule has 0 spiro atoms. The van der Waals surface area contributed by atoms with Gasteiger partial charge in [0.1, 0.15) is 11.9 Å². The Balaban J connectivity index is 2.02. The van der Waals surface area contributed by atoms with Gasteiger partial charge in [-0.25, -0.2) is 0 Å². The predicted octanol–water partition coefficient (Wildman–Crippen LogP) is 2.47. The normalized spacial score (nSPS) is 21.7. The fraction of sp³-hybridized carbons (Fsp3) is 0.529. The first-order valence-corrected chi connectivity index (χ1v) is 12.9. The van der Waals surface area contributed by atoms with Crippen molar-refractivity contribution in [2.75, 3.05) is 18.9 Å². The lowest BCUT2D eigenvalue weighted by Gasteiger charge is -2.37. The predicted molar refractivity (Wildman–Crippen MR) is 100 cm³/mol. The first kappa shape index (κ1) is 19.0. The van der Waals surface area contributed by atoms with Crippen molar-refractivity contribution in [1.29, 1.82) is 0 Å². The van der Waals surface area contributed by atoms with E-state index in [4.69, 9.17) is 10.5 Å². The summed E-state index contributed by atoms with van der Waals surface area (Å²) in [7, 11) is -1.25. The number of esters is 1. The SMILES string of the molecule is C[Si](C)(C)CCOC(=O)CN1C(=O)C(N)CS[C@@H]1c1ccccc1. The summed E-state index contributed by atoms with van der Waals surface area (Å²) in [4.78, 5) is 26.2. The summed E-state index contributed by atoms with van der Waals surface area (Å²) in [5.74, 6) is 0.00140. The highest BCUT2D eigenvalue weighted by molar-refractivity contribution is 7.99. The van der Waals surface area contributed by atoms with Gasteiger partial charge >= 0.3 is 5.97 Å². The molecule has 24 heavy (non-hydrogen) atoms. The van der Waals surface area contributed by atoms with Gasteiger partial charge in [0.05, 0.1) is 12.6 Å². The smallest absolute Gasteiger partial charge is 0.325 e. The second-order valence-electron chi connectivity index (χ2n) is 7.20. The highest BCUT2D eigenvalue weighted by atomic mass is 32.2. The van der Waals surface area contributed by atoms with Crippen LogP contribution in [-0.4, -0.2) is 49.8 Å². The van der Waals surface area contributed by atoms with Crippen LogP contribution in [0.3, 0.4) is 0 Å². The van der Waals surface area contributed by atoms with Crippen LogP contribution >= 0.6 is 11.8 Å². The molecule has 0 aromatic heterocycles. The average Bonchev–Trinajstić information content (AvgIpc) is 2.51. The van der Waals surface area contributed by atoms with E-state index in [1.807, 2.05) is 30.3 Å². The Morgan fingerprint density at radius 2 is 2.00 bits per heavy atom. The van der Waals surface area contributed by atoms with E-state index in [9.17, 15) is 9.59 Å². The van der Waals surface area contributed by atoms with Crippen LogP contribution in [0.1, 0.15) is 10.9 Å². The number of carbonyl (C=O) groups is 2. The lowest BCUT2D eigenvalue weighted by molar-refractivity contribution is -0.150. The highest BCUT2D eigenvalue weighted by Gasteiger charge is 2.36. The standard InChI is InChI=1S/C17H26N2O3SSi/c1-24(2,3)10-9-22-15(20)11-19-16(21)14(18)12-23-17(19)13-7-5-4-6-8-13/h4-8,14,17H,9-12,18H2,1-3H3/t14?,17-/m1/s1. The van der Waals surface area contributed by atoms with Gasteiger partial charge in [-0.2, -0.15) is 0 Å². The van der Waals surface area contributed by atoms with Crippen LogP contribution in [0, 0.1) is 0 Å². The van der Waals surface area contributed by atoms with E-state index in [0.717, 1.165) is 11.6 Å². The third-order valence-electron chi connectivity index (χ3n) is 3.82. The molecule has 5 nitrogen and oxygen atoms in total. The molecule has 132 valence electrons. The van der Waals surface area contributed by atoms with Gasteiger partial charge in [0.2, 0.25) is 5.91 Å². The van der Waals surface area contributed by atoms with Gasteiger partial charge in [0, 0.05) is 13.8 Å². The second-order valence-corrected chi connectivity index (χ2v) is 13.9. The van der Waals surface area contributed by atoms with E-state index in [2.05, 4.69) is 19.6 Å². The number of hydrogen-bond donors (Lipinski definition) is 1. The molecule has 1 heterocycles. The molecule has 2 N–H and O–H groups in total. The minimum absolute atomic E-state index is 0.0508. The van der Waals surface area contributed by atoms with Crippen LogP contribution in [0.25, 0.3) is 0 Å². The van der Waals surface area contributed by atoms with Crippen LogP contribution in [0.5, 0.6) is 0 Å². The maximum absolute atomic E-state index is 12.5. The number of hydrogen-bond acceptors (Lipinski definition) is 5. The summed E-state index contributed by atoms with van der Waals surface area (Å²) in [6.45, 7) is 7.07. The van der Waals surface area contributed by atoms with Crippen molar-refractivity contribution in [3.8, 4) is 0 Å². The van der Waals surface area contributed by atoms with E-state index < -0.39 is 14.1 Å². The van der Waals surface area contributed by atoms with Crippen molar-refractivity contribution >= 4 is 31.7 Å². The second kappa shape index (κ2) is 8.18. The van der Waals surface area contributed by atoms with Crippen LogP contribution in [0.4, 0.5) is 0 Å². The summed E-state index contributed by atoms with van der Waals surface area (Å²) >= 11 is 1.59. The zero-order chi connectivity index (χ0) is 17.7. The van der Waals surface area contributed by atoms with Crippen LogP contribution in [0.2, 0.25) is 25.7 Å². The minimum atomic E-state index is -1.25. The van der Waals surface area contributed by atoms with Crippen molar-refractivity contribution in [3.05, 3.63) is 35.9 Å². The van der Waals surface area contributed by atoms with Crippen molar-refractivity contribution in [2.45, 2.75) is 37.1 Å². The van der Waals surface area contributed by atoms with Gasteiger partial charge < -0.3 is 15.4 Å². The summed E-state index contributed by atoms with van der Waals surface area (Å²) in [6, 6.07) is 10.1. The Hall–Kier alpha value is -1.31. The van der Waals surface area contributed by atoms with E-state index in [1.54, 1.807) is 16.7 Å². The summed E-state index contributed by atoms with van der Waals surface area (Å²) < 4.78 is 5.34. The fourth-order valence-electron chi connectivity index (χ4n) is 2.40. The molecule has 1 unspecified atom stereocenters. The van der Waals surface area contributed by atoms with Crippen molar-refractivity contribution in [1.82, 2.24) is 4.90 Å². The molecule has 1 aromatic rings. The molecular formula is C17H26N2O3SSi. The average molecular weight is 367 g/mol. The van der Waals surface area contributed by atoms with Gasteiger partial charge in [0.25, 0.3) is 0 Å². The first-order chi connectivity index (χ1) is 11.3. The molecule has 0 bridgehead atoms. The third kappa shape index (κ3) is 5.36. The Bertz CT molecular complexity index is 577. The minimum Gasteiger partial charge on any atom is -0.465 e. The zero-order valence-corrected chi connectivity index (χ0v) is 16.3. The number of benzene rings is 1. The summed E-state index contributed by atoms with van der Waals surface area (Å²) in [5, 5.41) is -0.192. The van der Waals surface area contributed by atoms with Crippen molar-refractivity contribution < 1.29 is 14.3 Å². The largest absolute Gasteiger partial charge is 0.465 e. The van der Waals surface area contributed by atoms with Gasteiger partial charge in [-0.3, -0.25) is 9.59 Å². The van der Waals surface area contributed by atoms with Crippen molar-refractivity contribution in [3.63, 3.8) is 0 Å². The van der Waals surface area contributed by atoms with Crippen LogP contribution in [-0.2, 0) is 14.3 Å². The van der Waals surface area contributed by atoms with Gasteiger partial charge in [-0.15, -0.1) is 11.8 Å². The topological polar surface area (TPSA) is 72.6 Å². The highest BCUT2D eigenvalue weighted by Crippen LogP contribution is 2.36. The Morgan fingerprint density at radius 3 is 2.62 bits per heavy atom. The number of ether oxygens (including phenoxy) is 1. The number of thioether (sulfide) groups is 1. The molecule has 1 amide bonds. The first-order valence-electron chi connectivity index (χ1n) is 8.16. The van der Waals surface area contributed by atoms with Gasteiger partial charge in [-0.1, -0.05) is 50.0 Å². The maximum atomic E-state index is 12.5. The number of carbonyl (C=O) groups excluding carboxylic acids is 2. The monoisotopic (exact) mass is 366 g/mol. The summed E-state index contributed by atoms with van der Waals surface area (Å²) in [6.07, 6.45) is 0. The fourth-order valence-corrected chi connectivity index (χ4v) is 4.35. The van der Waals surface area contributed by atoms with E-state index in [0.29, 0.717) is 12.4 Å². The van der Waals surface area contributed by atoms with E-state index >= 15 is 0 Å². The molecular weight excluding hydrogens is 340 g/mol. The number of amides is 1. The number of nitrogens with two attached hydrogens (primary N) is 1. The Labute approximate surface area is 148 Å². The van der Waals surface area contributed by atoms with E-state index in [1.165, 1.54) is 0 Å². The molecule has 7 heteroatoms. The summed E-state index contributed by atoms with van der Waals surface area (Å²) in [5.41, 5.74) is 6.88. The third-order valence-corrected chi connectivity index (χ3v) is 6.91. The molecule has 1 aromatic carbocycles. The molecule has 0 aliphatic carbocycles. The molecule has 2 rings (SSSR count). The quantitative estimate of drug-likeness (QED) is 0.618. The number of rotatable bonds is 6. The zero-order valence-electron chi connectivity index (χ0n) is 14.5. The Kier molecular flexibility index (Phi) is 6.48. The Morgan fingerprint density at radius 1 is 1.33 bits per heavy atom.